The van der Waals surface area contributed by atoms with Crippen molar-refractivity contribution in [3.8, 4) is 22.3 Å². The summed E-state index contributed by atoms with van der Waals surface area (Å²) in [6.07, 6.45) is 7.36. The van der Waals surface area contributed by atoms with E-state index in [-0.39, 0.29) is 96.0 Å². The zero-order valence-corrected chi connectivity index (χ0v) is 66.7. The van der Waals surface area contributed by atoms with Gasteiger partial charge in [-0.1, -0.05) is 91.3 Å². The van der Waals surface area contributed by atoms with Crippen molar-refractivity contribution in [2.45, 2.75) is 90.1 Å². The summed E-state index contributed by atoms with van der Waals surface area (Å²) in [7, 11) is 2.19. The van der Waals surface area contributed by atoms with E-state index in [1.165, 1.54) is 24.3 Å². The molecule has 622 valence electrons. The molecule has 14 rings (SSSR count). The second-order valence-electron chi connectivity index (χ2n) is 28.6. The smallest absolute Gasteiger partial charge is 0.322 e. The monoisotopic (exact) mass is 1640 g/mol. The molecule has 0 aliphatic carbocycles. The van der Waals surface area contributed by atoms with E-state index in [4.69, 9.17) is 12.2 Å². The number of carboxylic acids is 1. The summed E-state index contributed by atoms with van der Waals surface area (Å²) in [4.78, 5) is 184. The van der Waals surface area contributed by atoms with E-state index in [0.717, 1.165) is 89.2 Å². The van der Waals surface area contributed by atoms with Crippen LogP contribution < -0.4 is 58.9 Å². The van der Waals surface area contributed by atoms with Gasteiger partial charge in [0.15, 0.2) is 5.78 Å². The number of aromatic nitrogens is 2. The van der Waals surface area contributed by atoms with Crippen LogP contribution in [-0.4, -0.2) is 174 Å². The Morgan fingerprint density at radius 2 is 0.909 bits per heavy atom. The predicted octanol–water partition coefficient (Wildman–Crippen LogP) is 10.6. The van der Waals surface area contributed by atoms with E-state index >= 15 is 0 Å². The van der Waals surface area contributed by atoms with Gasteiger partial charge in [0.1, 0.15) is 18.6 Å². The normalized spacial score (nSPS) is 14.5. The first-order valence-corrected chi connectivity index (χ1v) is 39.0. The van der Waals surface area contributed by atoms with Gasteiger partial charge in [-0.3, -0.25) is 102 Å². The standard InChI is InChI=1S/C45H43N7O7.C29H31N5O2.C15H13N3O6.CH3F/c1-26-22-27(28-16-18-35-33(23-28)40(34(25-49-35)41(55)46-2)50-29-10-5-3-6-11-29)15-17-31(26)42(56)47-21-8-4-7-12-30(53)24-48-36-14-9-13-32-39(36)45(59)52(44(32)58)37-19-20-38(54)51-43(37)57;1-19-16-20(10-12-23(19)29(36)32-15-7-6-14-30)21-11-13-26-24(17-21)27(25(18-33-26)28(35)31-2)34-22-8-4-3-5-9-22;19-10-5-4-9(13(22)17-10)18-14(23)7-2-1-3-8(12(7)15(18)24)16-6-11(20)21;1-2/h3,5-6,9-11,13-18,22-23,25,37,48H,4,7-8,12,19-21,24H2,1-2H3,(H,46,55)(H,47,56)(H,49,50)(H,51,54,57);3-5,8-13,16-18H,6-7,14-15,30H2,1-2H3,(H,31,35)(H,32,36)(H,33,34);1-3,9,16H,4-6H2,(H,20,21)(H,17,19,22);1H3/i;;;1D. The number of piperidine rings is 2. The summed E-state index contributed by atoms with van der Waals surface area (Å²) in [6.45, 7) is 5.02. The first-order chi connectivity index (χ1) is 58.9. The second kappa shape index (κ2) is 40.4. The summed E-state index contributed by atoms with van der Waals surface area (Å²) in [5.41, 5.74) is 18.5. The molecule has 12 amide bonds. The molecule has 0 radical (unpaired) electrons. The second-order valence-corrected chi connectivity index (χ2v) is 28.6. The number of amides is 12. The lowest BCUT2D eigenvalue weighted by atomic mass is 9.97. The number of nitrogens with zero attached hydrogens (tertiary/aromatic N) is 4. The van der Waals surface area contributed by atoms with Crippen molar-refractivity contribution in [1.82, 2.24) is 51.7 Å². The predicted molar refractivity (Wildman–Crippen MR) is 454 cm³/mol. The van der Waals surface area contributed by atoms with Gasteiger partial charge in [0.05, 0.1) is 70.9 Å². The molecule has 121 heavy (non-hydrogen) atoms. The molecule has 8 aromatic carbocycles. The highest BCUT2D eigenvalue weighted by molar-refractivity contribution is 6.27. The third kappa shape index (κ3) is 20.4. The number of aryl methyl sites for hydroxylation is 2. The van der Waals surface area contributed by atoms with Crippen LogP contribution in [0.15, 0.2) is 182 Å². The van der Waals surface area contributed by atoms with E-state index in [1.807, 2.05) is 141 Å². The van der Waals surface area contributed by atoms with Crippen molar-refractivity contribution in [2.24, 2.45) is 5.73 Å². The Hall–Kier alpha value is -14.8. The van der Waals surface area contributed by atoms with Crippen LogP contribution in [0.4, 0.5) is 38.5 Å². The Morgan fingerprint density at radius 1 is 0.496 bits per heavy atom. The minimum absolute atomic E-state index is 0.0240. The fourth-order valence-corrected chi connectivity index (χ4v) is 14.4. The molecule has 30 nitrogen and oxygen atoms in total. The number of ketones is 1. The number of alkyl halides is 1. The van der Waals surface area contributed by atoms with Crippen LogP contribution in [0, 0.1) is 13.8 Å². The number of rotatable bonds is 28. The van der Waals surface area contributed by atoms with Crippen LogP contribution in [0.5, 0.6) is 0 Å². The minimum atomic E-state index is -1.12. The molecular weight excluding hydrogens is 1550 g/mol. The number of fused-ring (bicyclic) bond motifs is 4. The molecule has 0 bridgehead atoms. The van der Waals surface area contributed by atoms with Gasteiger partial charge in [-0.2, -0.15) is 0 Å². The summed E-state index contributed by atoms with van der Waals surface area (Å²) < 4.78 is 15.5. The van der Waals surface area contributed by atoms with Gasteiger partial charge in [0.25, 0.3) is 47.3 Å². The number of carbonyl (C=O) groups is 14. The molecule has 31 heteroatoms. The lowest BCUT2D eigenvalue weighted by molar-refractivity contribution is -0.137. The average molecular weight is 1640 g/mol. The van der Waals surface area contributed by atoms with Crippen LogP contribution >= 0.6 is 0 Å². The zero-order chi connectivity index (χ0) is 87.3. The zero-order valence-electron chi connectivity index (χ0n) is 67.7. The highest BCUT2D eigenvalue weighted by Crippen LogP contribution is 2.38. The quantitative estimate of drug-likeness (QED) is 0.0160. The molecule has 0 saturated carbocycles. The molecule has 2 unspecified atom stereocenters. The number of imide groups is 4. The number of hydrogen-bond donors (Lipinski definition) is 12. The number of para-hydroxylation sites is 2. The molecule has 6 heterocycles. The highest BCUT2D eigenvalue weighted by atomic mass is 19.1. The number of anilines is 6. The Morgan fingerprint density at radius 3 is 1.31 bits per heavy atom. The number of unbranched alkanes of at least 4 members (excludes halogenated alkanes) is 3. The lowest BCUT2D eigenvalue weighted by Crippen LogP contribution is -2.54. The number of nitrogens with two attached hydrogens (primary N) is 1. The molecule has 2 saturated heterocycles. The van der Waals surface area contributed by atoms with E-state index in [1.54, 1.807) is 44.7 Å². The SMILES string of the molecule is CNC(=O)c1cnc2ccc(-c3ccc(C(=O)NCCCCCC(=O)CNc4cccc5c4C(=O)N(C4CCC(=O)NC4=O)C5=O)c(C)c3)cc2c1Nc1ccccc1.CNC(=O)c1cnc2ccc(-c3ccc(C(=O)NCCCCN)c(C)c3)cc2c1Nc1ccccc1.O=C(O)CNc1cccc2c1C(=O)N(C1CCC(=O)NC1=O)C2=O.[2H]CF. The molecule has 2 aromatic heterocycles. The minimum Gasteiger partial charge on any atom is -0.480 e. The van der Waals surface area contributed by atoms with Crippen molar-refractivity contribution in [1.29, 1.82) is 0 Å². The van der Waals surface area contributed by atoms with Crippen LogP contribution in [0.1, 0.15) is 160 Å². The molecular formula is C90H90FN15O15. The fourth-order valence-electron chi connectivity index (χ4n) is 14.4. The third-order valence-electron chi connectivity index (χ3n) is 20.6. The van der Waals surface area contributed by atoms with E-state index in [2.05, 4.69) is 63.1 Å². The third-order valence-corrected chi connectivity index (χ3v) is 20.6. The summed E-state index contributed by atoms with van der Waals surface area (Å²) in [5.74, 6) is -6.80. The van der Waals surface area contributed by atoms with Crippen molar-refractivity contribution in [2.75, 3.05) is 75.2 Å². The number of hydrogen-bond acceptors (Lipinski definition) is 21. The Labute approximate surface area is 696 Å². The van der Waals surface area contributed by atoms with Crippen molar-refractivity contribution >= 4 is 139 Å². The highest BCUT2D eigenvalue weighted by Gasteiger charge is 2.47. The van der Waals surface area contributed by atoms with Gasteiger partial charge in [-0.25, -0.2) is 0 Å². The summed E-state index contributed by atoms with van der Waals surface area (Å²) >= 11 is 0. The number of halogens is 1. The van der Waals surface area contributed by atoms with Gasteiger partial charge in [0.2, 0.25) is 23.6 Å². The molecule has 2 fully saturated rings. The average Bonchev–Trinajstić information content (AvgIpc) is 1.57. The van der Waals surface area contributed by atoms with Crippen LogP contribution in [0.2, 0.25) is 0 Å². The molecule has 4 aliphatic heterocycles. The number of carbonyl (C=O) groups excluding carboxylic acids is 13. The largest absolute Gasteiger partial charge is 0.480 e. The maximum absolute atomic E-state index is 13.3. The Bertz CT molecular complexity index is 5760. The van der Waals surface area contributed by atoms with Gasteiger partial charge >= 0.3 is 5.97 Å². The Balaban J connectivity index is 0.000000194. The Kier molecular flexibility index (Phi) is 28.6. The number of nitrogens with one attached hydrogen (secondary N) is 10. The first kappa shape index (κ1) is 85.6. The molecule has 10 aromatic rings. The van der Waals surface area contributed by atoms with Crippen LogP contribution in [0.25, 0.3) is 44.1 Å². The van der Waals surface area contributed by atoms with Gasteiger partial charge in [0, 0.05) is 103 Å². The number of benzene rings is 8. The summed E-state index contributed by atoms with van der Waals surface area (Å²) in [6, 6.07) is 49.7. The van der Waals surface area contributed by atoms with Gasteiger partial charge in [-0.05, 0) is 177 Å². The number of pyridine rings is 2. The number of aliphatic carboxylic acids is 1. The molecule has 2 atom stereocenters. The van der Waals surface area contributed by atoms with Gasteiger partial charge < -0.3 is 53.4 Å². The molecule has 13 N–H and O–H groups in total. The van der Waals surface area contributed by atoms with Crippen LogP contribution in [-0.2, 0) is 28.8 Å². The van der Waals surface area contributed by atoms with Gasteiger partial charge in [-0.15, -0.1) is 0 Å². The topological polar surface area (TPSA) is 438 Å². The van der Waals surface area contributed by atoms with E-state index in [9.17, 15) is 71.5 Å². The maximum Gasteiger partial charge on any atom is 0.322 e. The fraction of sp³-hybridized carbons (Fsp3) is 0.244. The van der Waals surface area contributed by atoms with Crippen molar-refractivity contribution in [3.05, 3.63) is 238 Å². The van der Waals surface area contributed by atoms with Crippen LogP contribution in [0.3, 0.4) is 0 Å². The first-order valence-electron chi connectivity index (χ1n) is 39.8. The van der Waals surface area contributed by atoms with Crippen molar-refractivity contribution < 1.29 is 78.0 Å². The molecule has 4 aliphatic rings. The number of carboxylic acid groups (broad SMARTS) is 1. The van der Waals surface area contributed by atoms with Crippen molar-refractivity contribution in [3.63, 3.8) is 0 Å². The lowest BCUT2D eigenvalue weighted by Gasteiger charge is -2.27. The van der Waals surface area contributed by atoms with E-state index < -0.39 is 79.0 Å². The summed E-state index contributed by atoms with van der Waals surface area (Å²) in [5, 5.41) is 38.4. The van der Waals surface area contributed by atoms with E-state index in [0.29, 0.717) is 78.2 Å². The molecule has 0 spiro atoms. The maximum atomic E-state index is 13.3. The number of Topliss-reactive ketones (excluding diaryl/α,β-unsaturated/α-hetero) is 1.